The van der Waals surface area contributed by atoms with E-state index in [-0.39, 0.29) is 10.6 Å². The largest absolute Gasteiger partial charge is 0.345 e. The number of pyridine rings is 1. The molecule has 12 heteroatoms. The van der Waals surface area contributed by atoms with Crippen LogP contribution in [0.4, 0.5) is 0 Å². The highest BCUT2D eigenvalue weighted by atomic mass is 35.5. The number of nitrogens with one attached hydrogen (secondary N) is 2. The van der Waals surface area contributed by atoms with Crippen molar-refractivity contribution in [1.29, 1.82) is 0 Å². The van der Waals surface area contributed by atoms with Gasteiger partial charge < -0.3 is 4.98 Å². The first-order valence-corrected chi connectivity index (χ1v) is 12.8. The maximum atomic E-state index is 12.6. The lowest BCUT2D eigenvalue weighted by atomic mass is 10.2. The van der Waals surface area contributed by atoms with E-state index in [0.717, 1.165) is 11.0 Å². The number of sulfonamides is 1. The lowest BCUT2D eigenvalue weighted by molar-refractivity contribution is 0.588. The number of H-pyrrole nitrogens is 1. The van der Waals surface area contributed by atoms with Gasteiger partial charge in [0.15, 0.2) is 0 Å². The molecule has 2 N–H and O–H groups in total. The van der Waals surface area contributed by atoms with E-state index < -0.39 is 10.0 Å². The van der Waals surface area contributed by atoms with Crippen LogP contribution in [0.15, 0.2) is 64.5 Å². The van der Waals surface area contributed by atoms with E-state index in [2.05, 4.69) is 14.7 Å². The molecule has 6 rings (SSSR count). The smallest absolute Gasteiger partial charge is 0.328 e. The summed E-state index contributed by atoms with van der Waals surface area (Å²) in [5, 5.41) is 1.21. The number of aromatic nitrogens is 6. The van der Waals surface area contributed by atoms with Crippen molar-refractivity contribution in [1.82, 2.24) is 33.4 Å². The standard InChI is InChI=1S/C24H20ClN7O3S/c1-26-36(34,35)14-5-6-17-19(11-14)32(13-4-7-18-20(10-13)31(3)24(33)30(18)2)23(29-17)15-12-28-22-21(15)16(25)8-9-27-22/h4-12,26H,1-3H3,(H,27,28). The number of benzene rings is 2. The van der Waals surface area contributed by atoms with Gasteiger partial charge in [0.1, 0.15) is 11.5 Å². The van der Waals surface area contributed by atoms with Crippen molar-refractivity contribution >= 4 is 54.7 Å². The van der Waals surface area contributed by atoms with Crippen molar-refractivity contribution in [2.45, 2.75) is 4.90 Å². The van der Waals surface area contributed by atoms with Gasteiger partial charge >= 0.3 is 5.69 Å². The van der Waals surface area contributed by atoms with Crippen molar-refractivity contribution in [3.05, 3.63) is 70.4 Å². The Morgan fingerprint density at radius 2 is 1.78 bits per heavy atom. The zero-order valence-corrected chi connectivity index (χ0v) is 21.0. The molecule has 2 aromatic carbocycles. The summed E-state index contributed by atoms with van der Waals surface area (Å²) < 4.78 is 32.6. The predicted molar refractivity (Wildman–Crippen MR) is 139 cm³/mol. The maximum absolute atomic E-state index is 12.6. The Labute approximate surface area is 209 Å². The van der Waals surface area contributed by atoms with Gasteiger partial charge in [0.25, 0.3) is 0 Å². The molecule has 0 amide bonds. The van der Waals surface area contributed by atoms with Gasteiger partial charge in [0.2, 0.25) is 10.0 Å². The van der Waals surface area contributed by atoms with Crippen molar-refractivity contribution < 1.29 is 8.42 Å². The minimum Gasteiger partial charge on any atom is -0.345 e. The second-order valence-electron chi connectivity index (χ2n) is 8.42. The molecule has 0 atom stereocenters. The number of aryl methyl sites for hydroxylation is 2. The second kappa shape index (κ2) is 7.79. The third-order valence-corrected chi connectivity index (χ3v) is 8.21. The Kier molecular flexibility index (Phi) is 4.87. The number of nitrogens with zero attached hydrogens (tertiary/aromatic N) is 5. The summed E-state index contributed by atoms with van der Waals surface area (Å²) in [5.74, 6) is 0.547. The highest BCUT2D eigenvalue weighted by Gasteiger charge is 2.22. The summed E-state index contributed by atoms with van der Waals surface area (Å²) in [7, 11) is 1.11. The normalized spacial score (nSPS) is 12.3. The van der Waals surface area contributed by atoms with Gasteiger partial charge in [-0.15, -0.1) is 0 Å². The van der Waals surface area contributed by atoms with Gasteiger partial charge in [-0.05, 0) is 49.5 Å². The minimum absolute atomic E-state index is 0.108. The molecule has 0 saturated carbocycles. The molecule has 0 spiro atoms. The average molecular weight is 522 g/mol. The lowest BCUT2D eigenvalue weighted by Crippen LogP contribution is -2.19. The number of aromatic amines is 1. The molecule has 6 aromatic rings. The molecule has 36 heavy (non-hydrogen) atoms. The fourth-order valence-electron chi connectivity index (χ4n) is 4.61. The van der Waals surface area contributed by atoms with Crippen molar-refractivity contribution in [2.75, 3.05) is 7.05 Å². The highest BCUT2D eigenvalue weighted by Crippen LogP contribution is 2.36. The second-order valence-corrected chi connectivity index (χ2v) is 10.7. The van der Waals surface area contributed by atoms with Crippen molar-refractivity contribution in [3.63, 3.8) is 0 Å². The molecule has 0 aliphatic heterocycles. The summed E-state index contributed by atoms with van der Waals surface area (Å²) in [6.07, 6.45) is 3.40. The fourth-order valence-corrected chi connectivity index (χ4v) is 5.61. The number of halogens is 1. The van der Waals surface area contributed by atoms with Crippen molar-refractivity contribution in [3.8, 4) is 17.1 Å². The van der Waals surface area contributed by atoms with E-state index in [0.29, 0.717) is 44.2 Å². The fraction of sp³-hybridized carbons (Fsp3) is 0.125. The maximum Gasteiger partial charge on any atom is 0.328 e. The summed E-state index contributed by atoms with van der Waals surface area (Å²) in [6, 6.07) is 12.1. The number of hydrogen-bond donors (Lipinski definition) is 2. The quantitative estimate of drug-likeness (QED) is 0.369. The van der Waals surface area contributed by atoms with Crippen LogP contribution in [0.3, 0.4) is 0 Å². The van der Waals surface area contributed by atoms with Gasteiger partial charge in [-0.3, -0.25) is 13.7 Å². The number of imidazole rings is 2. The van der Waals surface area contributed by atoms with Crippen molar-refractivity contribution in [2.24, 2.45) is 14.1 Å². The summed E-state index contributed by atoms with van der Waals surface area (Å²) >= 11 is 6.55. The Morgan fingerprint density at radius 1 is 1.00 bits per heavy atom. The third-order valence-electron chi connectivity index (χ3n) is 6.48. The molecule has 10 nitrogen and oxygen atoms in total. The molecule has 4 heterocycles. The summed E-state index contributed by atoms with van der Waals surface area (Å²) in [4.78, 5) is 25.0. The molecule has 0 unspecified atom stereocenters. The van der Waals surface area contributed by atoms with Gasteiger partial charge in [-0.1, -0.05) is 11.6 Å². The Balaban J connectivity index is 1.74. The zero-order chi connectivity index (χ0) is 25.4. The van der Waals surface area contributed by atoms with Crippen LogP contribution in [-0.4, -0.2) is 44.1 Å². The predicted octanol–water partition coefficient (Wildman–Crippen LogP) is 3.32. The SMILES string of the molecule is CNS(=O)(=O)c1ccc2nc(-c3c[nH]c4nccc(Cl)c34)n(-c3ccc4c(c3)n(C)c(=O)n4C)c2c1. The summed E-state index contributed by atoms with van der Waals surface area (Å²) in [5.41, 5.74) is 4.55. The molecule has 0 aliphatic carbocycles. The van der Waals surface area contributed by atoms with E-state index in [4.69, 9.17) is 16.6 Å². The van der Waals surface area contributed by atoms with E-state index in [1.54, 1.807) is 53.8 Å². The van der Waals surface area contributed by atoms with Crippen LogP contribution in [-0.2, 0) is 24.1 Å². The van der Waals surface area contributed by atoms with Crippen LogP contribution in [0.1, 0.15) is 0 Å². The summed E-state index contributed by atoms with van der Waals surface area (Å²) in [6.45, 7) is 0. The molecule has 4 aromatic heterocycles. The van der Waals surface area contributed by atoms with E-state index in [1.165, 1.54) is 13.1 Å². The highest BCUT2D eigenvalue weighted by molar-refractivity contribution is 7.89. The van der Waals surface area contributed by atoms with E-state index >= 15 is 0 Å². The first-order valence-electron chi connectivity index (χ1n) is 10.9. The first kappa shape index (κ1) is 22.5. The number of hydrogen-bond acceptors (Lipinski definition) is 5. The third kappa shape index (κ3) is 3.13. The molecule has 0 saturated heterocycles. The molecule has 0 aliphatic rings. The minimum atomic E-state index is -3.70. The Morgan fingerprint density at radius 3 is 2.56 bits per heavy atom. The van der Waals surface area contributed by atoms with Crippen LogP contribution in [0.2, 0.25) is 5.02 Å². The zero-order valence-electron chi connectivity index (χ0n) is 19.4. The number of rotatable bonds is 4. The van der Waals surface area contributed by atoms with Gasteiger partial charge in [-0.25, -0.2) is 27.9 Å². The van der Waals surface area contributed by atoms with Gasteiger partial charge in [0, 0.05) is 43.1 Å². The van der Waals surface area contributed by atoms with Crippen LogP contribution in [0.5, 0.6) is 0 Å². The lowest BCUT2D eigenvalue weighted by Gasteiger charge is -2.11. The van der Waals surface area contributed by atoms with E-state index in [1.807, 2.05) is 22.8 Å². The molecule has 0 radical (unpaired) electrons. The van der Waals surface area contributed by atoms with Crippen LogP contribution in [0, 0.1) is 0 Å². The van der Waals surface area contributed by atoms with Crippen LogP contribution >= 0.6 is 11.6 Å². The number of fused-ring (bicyclic) bond motifs is 3. The molecule has 182 valence electrons. The molecule has 0 bridgehead atoms. The van der Waals surface area contributed by atoms with E-state index in [9.17, 15) is 13.2 Å². The Bertz CT molecular complexity index is 2010. The van der Waals surface area contributed by atoms with Crippen LogP contribution in [0.25, 0.3) is 50.2 Å². The average Bonchev–Trinajstić information content (AvgIpc) is 3.53. The molecule has 0 fully saturated rings. The van der Waals surface area contributed by atoms with Crippen LogP contribution < -0.4 is 10.4 Å². The Hall–Kier alpha value is -3.93. The monoisotopic (exact) mass is 521 g/mol. The van der Waals surface area contributed by atoms with Gasteiger partial charge in [-0.2, -0.15) is 0 Å². The molecular weight excluding hydrogens is 502 g/mol. The molecular formula is C24H20ClN7O3S. The topological polar surface area (TPSA) is 120 Å². The first-order chi connectivity index (χ1) is 17.2. The van der Waals surface area contributed by atoms with Gasteiger partial charge in [0.05, 0.1) is 32.0 Å².